The lowest BCUT2D eigenvalue weighted by Gasteiger charge is -2.14. The van der Waals surface area contributed by atoms with Crippen molar-refractivity contribution in [3.63, 3.8) is 0 Å². The number of hydrogen-bond acceptors (Lipinski definition) is 2. The van der Waals surface area contributed by atoms with Gasteiger partial charge in [-0.25, -0.2) is 0 Å². The zero-order chi connectivity index (χ0) is 10.3. The summed E-state index contributed by atoms with van der Waals surface area (Å²) in [6, 6.07) is 3.91. The maximum absolute atomic E-state index is 10.0. The summed E-state index contributed by atoms with van der Waals surface area (Å²) in [6.45, 7) is 2.00. The lowest BCUT2D eigenvalue weighted by Crippen LogP contribution is -2.07. The van der Waals surface area contributed by atoms with E-state index in [2.05, 4.69) is 15.9 Å². The van der Waals surface area contributed by atoms with Crippen molar-refractivity contribution in [1.29, 1.82) is 0 Å². The highest BCUT2D eigenvalue weighted by molar-refractivity contribution is 9.10. The van der Waals surface area contributed by atoms with Crippen molar-refractivity contribution in [2.45, 2.75) is 25.4 Å². The van der Waals surface area contributed by atoms with Gasteiger partial charge in [-0.2, -0.15) is 0 Å². The van der Waals surface area contributed by atoms with E-state index in [0.29, 0.717) is 0 Å². The van der Waals surface area contributed by atoms with Gasteiger partial charge < -0.3 is 9.84 Å². The van der Waals surface area contributed by atoms with Crippen LogP contribution in [0, 0.1) is 6.92 Å². The van der Waals surface area contributed by atoms with Crippen molar-refractivity contribution in [1.82, 2.24) is 0 Å². The minimum atomic E-state index is -0.571. The van der Waals surface area contributed by atoms with Crippen molar-refractivity contribution < 1.29 is 9.84 Å². The largest absolute Gasteiger partial charge is 0.496 e. The minimum absolute atomic E-state index is 0.571. The smallest absolute Gasteiger partial charge is 0.133 e. The summed E-state index contributed by atoms with van der Waals surface area (Å²) in [5.41, 5.74) is 1.54. The Morgan fingerprint density at radius 3 is 2.57 bits per heavy atom. The van der Waals surface area contributed by atoms with Crippen LogP contribution < -0.4 is 4.74 Å². The predicted molar refractivity (Wildman–Crippen MR) is 58.6 cm³/mol. The summed E-state index contributed by atoms with van der Waals surface area (Å²) in [7, 11) is 1.64. The van der Waals surface area contributed by atoms with E-state index in [4.69, 9.17) is 4.74 Å². The molecule has 1 aliphatic carbocycles. The maximum atomic E-state index is 10.0. The van der Waals surface area contributed by atoms with Crippen LogP contribution in [-0.2, 0) is 5.60 Å². The molecule has 2 rings (SSSR count). The number of aliphatic hydroxyl groups is 1. The second-order valence-electron chi connectivity index (χ2n) is 3.83. The first-order valence-electron chi connectivity index (χ1n) is 4.64. The van der Waals surface area contributed by atoms with Crippen molar-refractivity contribution in [2.75, 3.05) is 7.11 Å². The van der Waals surface area contributed by atoms with Gasteiger partial charge in [0.2, 0.25) is 0 Å². The molecule has 76 valence electrons. The number of methoxy groups -OCH3 is 1. The molecule has 3 heteroatoms. The van der Waals surface area contributed by atoms with Crippen LogP contribution in [0.25, 0.3) is 0 Å². The Morgan fingerprint density at radius 2 is 2.07 bits per heavy atom. The summed E-state index contributed by atoms with van der Waals surface area (Å²) in [4.78, 5) is 0. The third-order valence-corrected chi connectivity index (χ3v) is 3.34. The number of aryl methyl sites for hydroxylation is 1. The Morgan fingerprint density at radius 1 is 1.43 bits per heavy atom. The molecule has 0 aliphatic heterocycles. The summed E-state index contributed by atoms with van der Waals surface area (Å²) >= 11 is 3.43. The number of benzene rings is 1. The SMILES string of the molecule is COc1cc(C)c(C2(O)CC2)cc1Br. The summed E-state index contributed by atoms with van der Waals surface area (Å²) in [6.07, 6.45) is 1.74. The Kier molecular flexibility index (Phi) is 2.32. The van der Waals surface area contributed by atoms with Gasteiger partial charge in [0.25, 0.3) is 0 Å². The molecular formula is C11H13BrO2. The molecule has 14 heavy (non-hydrogen) atoms. The molecular weight excluding hydrogens is 244 g/mol. The van der Waals surface area contributed by atoms with Crippen LogP contribution in [0.4, 0.5) is 0 Å². The molecule has 1 fully saturated rings. The molecule has 1 N–H and O–H groups in total. The van der Waals surface area contributed by atoms with Crippen molar-refractivity contribution >= 4 is 15.9 Å². The third-order valence-electron chi connectivity index (χ3n) is 2.72. The van der Waals surface area contributed by atoms with E-state index in [0.717, 1.165) is 34.2 Å². The van der Waals surface area contributed by atoms with E-state index in [-0.39, 0.29) is 0 Å². The topological polar surface area (TPSA) is 29.5 Å². The number of halogens is 1. The summed E-state index contributed by atoms with van der Waals surface area (Å²) in [5, 5.41) is 10.0. The first-order valence-corrected chi connectivity index (χ1v) is 5.43. The number of hydrogen-bond donors (Lipinski definition) is 1. The lowest BCUT2D eigenvalue weighted by molar-refractivity contribution is 0.150. The van der Waals surface area contributed by atoms with Crippen LogP contribution in [0.5, 0.6) is 5.75 Å². The van der Waals surface area contributed by atoms with Gasteiger partial charge in [0.15, 0.2) is 0 Å². The van der Waals surface area contributed by atoms with Crippen LogP contribution in [0.2, 0.25) is 0 Å². The fraction of sp³-hybridized carbons (Fsp3) is 0.455. The molecule has 0 heterocycles. The molecule has 1 aromatic carbocycles. The average molecular weight is 257 g/mol. The number of ether oxygens (including phenoxy) is 1. The van der Waals surface area contributed by atoms with Gasteiger partial charge in [0.05, 0.1) is 17.2 Å². The lowest BCUT2D eigenvalue weighted by atomic mass is 10.0. The summed E-state index contributed by atoms with van der Waals surface area (Å²) < 4.78 is 6.09. The van der Waals surface area contributed by atoms with Crippen LogP contribution in [0.3, 0.4) is 0 Å². The zero-order valence-corrected chi connectivity index (χ0v) is 9.89. The molecule has 1 aliphatic rings. The van der Waals surface area contributed by atoms with E-state index in [1.54, 1.807) is 7.11 Å². The van der Waals surface area contributed by atoms with Crippen LogP contribution in [0.1, 0.15) is 24.0 Å². The van der Waals surface area contributed by atoms with Gasteiger partial charge in [-0.3, -0.25) is 0 Å². The normalized spacial score (nSPS) is 18.0. The molecule has 1 saturated carbocycles. The predicted octanol–water partition coefficient (Wildman–Crippen LogP) is 2.75. The second-order valence-corrected chi connectivity index (χ2v) is 4.69. The Hall–Kier alpha value is -0.540. The molecule has 0 unspecified atom stereocenters. The van der Waals surface area contributed by atoms with Gasteiger partial charge in [0.1, 0.15) is 5.75 Å². The highest BCUT2D eigenvalue weighted by Gasteiger charge is 2.43. The third kappa shape index (κ3) is 1.55. The quantitative estimate of drug-likeness (QED) is 0.882. The van der Waals surface area contributed by atoms with Gasteiger partial charge in [-0.05, 0) is 59.0 Å². The Bertz CT molecular complexity index is 370. The van der Waals surface area contributed by atoms with E-state index < -0.39 is 5.60 Å². The zero-order valence-electron chi connectivity index (χ0n) is 8.30. The molecule has 0 aromatic heterocycles. The monoisotopic (exact) mass is 256 g/mol. The second kappa shape index (κ2) is 3.24. The van der Waals surface area contributed by atoms with Crippen molar-refractivity contribution in [3.05, 3.63) is 27.7 Å². The Labute approximate surface area is 92.0 Å². The fourth-order valence-electron chi connectivity index (χ4n) is 1.70. The summed E-state index contributed by atoms with van der Waals surface area (Å²) in [5.74, 6) is 0.815. The van der Waals surface area contributed by atoms with Gasteiger partial charge in [-0.1, -0.05) is 0 Å². The van der Waals surface area contributed by atoms with Crippen LogP contribution in [-0.4, -0.2) is 12.2 Å². The fourth-order valence-corrected chi connectivity index (χ4v) is 2.21. The van der Waals surface area contributed by atoms with E-state index >= 15 is 0 Å². The molecule has 0 spiro atoms. The first kappa shape index (κ1) is 9.99. The molecule has 0 saturated heterocycles. The molecule has 0 bridgehead atoms. The van der Waals surface area contributed by atoms with E-state index in [9.17, 15) is 5.11 Å². The molecule has 0 atom stereocenters. The van der Waals surface area contributed by atoms with Crippen LogP contribution >= 0.6 is 15.9 Å². The Balaban J connectivity index is 2.48. The molecule has 2 nitrogen and oxygen atoms in total. The van der Waals surface area contributed by atoms with E-state index in [1.807, 2.05) is 19.1 Å². The van der Waals surface area contributed by atoms with Crippen LogP contribution in [0.15, 0.2) is 16.6 Å². The van der Waals surface area contributed by atoms with Crippen molar-refractivity contribution in [2.24, 2.45) is 0 Å². The van der Waals surface area contributed by atoms with Crippen molar-refractivity contribution in [3.8, 4) is 5.75 Å². The molecule has 1 aromatic rings. The van der Waals surface area contributed by atoms with Gasteiger partial charge in [-0.15, -0.1) is 0 Å². The average Bonchev–Trinajstić information content (AvgIpc) is 2.88. The van der Waals surface area contributed by atoms with Gasteiger partial charge >= 0.3 is 0 Å². The standard InChI is InChI=1S/C11H13BrO2/c1-7-5-10(14-2)9(12)6-8(7)11(13)3-4-11/h5-6,13H,3-4H2,1-2H3. The highest BCUT2D eigenvalue weighted by atomic mass is 79.9. The minimum Gasteiger partial charge on any atom is -0.496 e. The maximum Gasteiger partial charge on any atom is 0.133 e. The first-order chi connectivity index (χ1) is 6.57. The molecule has 0 amide bonds. The molecule has 0 radical (unpaired) electrons. The van der Waals surface area contributed by atoms with E-state index in [1.165, 1.54) is 0 Å². The highest BCUT2D eigenvalue weighted by Crippen LogP contribution is 2.48. The number of rotatable bonds is 2. The van der Waals surface area contributed by atoms with Gasteiger partial charge in [0, 0.05) is 0 Å².